The van der Waals surface area contributed by atoms with Crippen LogP contribution in [0.15, 0.2) is 11.1 Å². The second-order valence-electron chi connectivity index (χ2n) is 4.25. The number of methoxy groups -OCH3 is 1. The fraction of sp³-hybridized carbons (Fsp3) is 0.583. The van der Waals surface area contributed by atoms with E-state index in [1.165, 1.54) is 13.4 Å². The van der Waals surface area contributed by atoms with E-state index in [9.17, 15) is 9.59 Å². The van der Waals surface area contributed by atoms with E-state index in [1.807, 2.05) is 0 Å². The van der Waals surface area contributed by atoms with E-state index < -0.39 is 0 Å². The first-order valence-corrected chi connectivity index (χ1v) is 6.21. The number of H-pyrrole nitrogens is 1. The maximum Gasteiger partial charge on any atom is 0.325 e. The molecular formula is C12H17N3O4. The molecule has 0 bridgehead atoms. The fourth-order valence-electron chi connectivity index (χ4n) is 1.88. The molecule has 1 aliphatic carbocycles. The van der Waals surface area contributed by atoms with Gasteiger partial charge in [-0.3, -0.25) is 9.59 Å². The third kappa shape index (κ3) is 3.04. The van der Waals surface area contributed by atoms with E-state index in [-0.39, 0.29) is 29.9 Å². The third-order valence-corrected chi connectivity index (χ3v) is 2.86. The summed E-state index contributed by atoms with van der Waals surface area (Å²) in [5.41, 5.74) is -0.359. The molecule has 1 fully saturated rings. The van der Waals surface area contributed by atoms with Gasteiger partial charge < -0.3 is 19.4 Å². The molecule has 0 aromatic carbocycles. The van der Waals surface area contributed by atoms with Crippen LogP contribution in [0.3, 0.4) is 0 Å². The van der Waals surface area contributed by atoms with Gasteiger partial charge in [-0.15, -0.1) is 0 Å². The molecule has 0 saturated heterocycles. The van der Waals surface area contributed by atoms with Crippen LogP contribution in [0, 0.1) is 0 Å². The summed E-state index contributed by atoms with van der Waals surface area (Å²) in [6.45, 7) is 2.16. The molecule has 2 rings (SSSR count). The van der Waals surface area contributed by atoms with Crippen LogP contribution in [-0.2, 0) is 9.53 Å². The van der Waals surface area contributed by atoms with Crippen LogP contribution < -0.4 is 15.2 Å². The van der Waals surface area contributed by atoms with Crippen LogP contribution >= 0.6 is 0 Å². The lowest BCUT2D eigenvalue weighted by atomic mass is 10.4. The van der Waals surface area contributed by atoms with Gasteiger partial charge in [0.1, 0.15) is 6.54 Å². The van der Waals surface area contributed by atoms with E-state index in [1.54, 1.807) is 11.8 Å². The van der Waals surface area contributed by atoms with Gasteiger partial charge in [-0.2, -0.15) is 0 Å². The van der Waals surface area contributed by atoms with Crippen LogP contribution in [0.2, 0.25) is 0 Å². The van der Waals surface area contributed by atoms with Crippen molar-refractivity contribution in [2.75, 3.05) is 25.2 Å². The van der Waals surface area contributed by atoms with E-state index >= 15 is 0 Å². The molecule has 1 aromatic heterocycles. The van der Waals surface area contributed by atoms with Crippen LogP contribution in [0.5, 0.6) is 5.75 Å². The highest BCUT2D eigenvalue weighted by Gasteiger charge is 2.34. The number of carbonyl (C=O) groups excluding carboxylic acids is 1. The number of aromatic amines is 1. The van der Waals surface area contributed by atoms with Crippen molar-refractivity contribution in [3.8, 4) is 5.75 Å². The number of hydrogen-bond donors (Lipinski definition) is 1. The molecule has 1 N–H and O–H groups in total. The van der Waals surface area contributed by atoms with E-state index in [4.69, 9.17) is 9.47 Å². The molecule has 0 unspecified atom stereocenters. The number of rotatable bonds is 6. The maximum atomic E-state index is 11.7. The Balaban J connectivity index is 2.26. The number of carbonyl (C=O) groups is 1. The maximum absolute atomic E-state index is 11.7. The van der Waals surface area contributed by atoms with Crippen LogP contribution in [0.1, 0.15) is 19.8 Å². The zero-order chi connectivity index (χ0) is 13.8. The summed E-state index contributed by atoms with van der Waals surface area (Å²) in [6, 6.07) is 0.215. The molecule has 1 saturated carbocycles. The summed E-state index contributed by atoms with van der Waals surface area (Å²) < 4.78 is 10.0. The molecule has 1 heterocycles. The largest absolute Gasteiger partial charge is 0.489 e. The van der Waals surface area contributed by atoms with Gasteiger partial charge in [0.2, 0.25) is 5.75 Å². The average Bonchev–Trinajstić information content (AvgIpc) is 3.20. The number of aromatic nitrogens is 2. The summed E-state index contributed by atoms with van der Waals surface area (Å²) in [5, 5.41) is 0. The highest BCUT2D eigenvalue weighted by atomic mass is 16.5. The van der Waals surface area contributed by atoms with Gasteiger partial charge in [0.25, 0.3) is 5.56 Å². The lowest BCUT2D eigenvalue weighted by Gasteiger charge is -2.23. The number of esters is 1. The monoisotopic (exact) mass is 267 g/mol. The smallest absolute Gasteiger partial charge is 0.325 e. The summed E-state index contributed by atoms with van der Waals surface area (Å²) in [4.78, 5) is 31.6. The molecule has 7 nitrogen and oxygen atoms in total. The first kappa shape index (κ1) is 13.4. The Morgan fingerprint density at radius 1 is 1.58 bits per heavy atom. The van der Waals surface area contributed by atoms with Crippen molar-refractivity contribution in [2.24, 2.45) is 0 Å². The molecule has 0 atom stereocenters. The SMILES string of the molecule is CCOC(=O)CN(c1nc[nH]c(=O)c1OC)C1CC1. The quantitative estimate of drug-likeness (QED) is 0.747. The molecule has 19 heavy (non-hydrogen) atoms. The highest BCUT2D eigenvalue weighted by molar-refractivity contribution is 5.76. The number of ether oxygens (including phenoxy) is 2. The highest BCUT2D eigenvalue weighted by Crippen LogP contribution is 2.33. The van der Waals surface area contributed by atoms with Crippen molar-refractivity contribution in [1.82, 2.24) is 9.97 Å². The van der Waals surface area contributed by atoms with E-state index in [0.717, 1.165) is 12.8 Å². The predicted octanol–water partition coefficient (Wildman–Crippen LogP) is 0.310. The topological polar surface area (TPSA) is 84.5 Å². The van der Waals surface area contributed by atoms with Crippen molar-refractivity contribution in [1.29, 1.82) is 0 Å². The molecule has 0 radical (unpaired) electrons. The number of hydrogen-bond acceptors (Lipinski definition) is 6. The molecule has 0 amide bonds. The molecule has 104 valence electrons. The Labute approximate surface area is 110 Å². The Kier molecular flexibility index (Phi) is 4.03. The van der Waals surface area contributed by atoms with Crippen molar-refractivity contribution in [3.05, 3.63) is 16.7 Å². The molecule has 0 aliphatic heterocycles. The van der Waals surface area contributed by atoms with E-state index in [2.05, 4.69) is 9.97 Å². The second kappa shape index (κ2) is 5.73. The Morgan fingerprint density at radius 2 is 2.32 bits per heavy atom. The normalized spacial score (nSPS) is 14.0. The summed E-state index contributed by atoms with van der Waals surface area (Å²) >= 11 is 0. The first-order chi connectivity index (χ1) is 9.17. The number of nitrogens with zero attached hydrogens (tertiary/aromatic N) is 2. The molecular weight excluding hydrogens is 250 g/mol. The van der Waals surface area contributed by atoms with Crippen molar-refractivity contribution >= 4 is 11.8 Å². The Hall–Kier alpha value is -2.05. The standard InChI is InChI=1S/C12H17N3O4/c1-3-19-9(16)6-15(8-4-5-8)11-10(18-2)12(17)14-7-13-11/h7-8H,3-6H2,1-2H3,(H,13,14,17). The van der Waals surface area contributed by atoms with Crippen molar-refractivity contribution < 1.29 is 14.3 Å². The van der Waals surface area contributed by atoms with Crippen LogP contribution in [0.25, 0.3) is 0 Å². The van der Waals surface area contributed by atoms with Crippen LogP contribution in [-0.4, -0.2) is 42.2 Å². The van der Waals surface area contributed by atoms with Gasteiger partial charge >= 0.3 is 5.97 Å². The van der Waals surface area contributed by atoms with Gasteiger partial charge in [-0.25, -0.2) is 4.98 Å². The lowest BCUT2D eigenvalue weighted by Crippen LogP contribution is -2.35. The van der Waals surface area contributed by atoms with Crippen LogP contribution in [0.4, 0.5) is 5.82 Å². The summed E-state index contributed by atoms with van der Waals surface area (Å²) in [7, 11) is 1.41. The third-order valence-electron chi connectivity index (χ3n) is 2.86. The molecule has 0 spiro atoms. The van der Waals surface area contributed by atoms with Gasteiger partial charge in [-0.05, 0) is 19.8 Å². The number of nitrogens with one attached hydrogen (secondary N) is 1. The second-order valence-corrected chi connectivity index (χ2v) is 4.25. The van der Waals surface area contributed by atoms with Gasteiger partial charge in [-0.1, -0.05) is 0 Å². The first-order valence-electron chi connectivity index (χ1n) is 6.21. The zero-order valence-electron chi connectivity index (χ0n) is 11.0. The predicted molar refractivity (Wildman–Crippen MR) is 68.4 cm³/mol. The van der Waals surface area contributed by atoms with Gasteiger partial charge in [0.15, 0.2) is 5.82 Å². The molecule has 7 heteroatoms. The minimum absolute atomic E-state index is 0.0747. The number of anilines is 1. The van der Waals surface area contributed by atoms with Crippen molar-refractivity contribution in [3.63, 3.8) is 0 Å². The Morgan fingerprint density at radius 3 is 2.89 bits per heavy atom. The van der Waals surface area contributed by atoms with E-state index in [0.29, 0.717) is 12.4 Å². The fourth-order valence-corrected chi connectivity index (χ4v) is 1.88. The summed E-state index contributed by atoms with van der Waals surface area (Å²) in [6.07, 6.45) is 3.24. The molecule has 1 aromatic rings. The van der Waals surface area contributed by atoms with Gasteiger partial charge in [0, 0.05) is 6.04 Å². The van der Waals surface area contributed by atoms with Crippen molar-refractivity contribution in [2.45, 2.75) is 25.8 Å². The summed E-state index contributed by atoms with van der Waals surface area (Å²) in [5.74, 6) is 0.180. The Bertz CT molecular complexity index is 510. The average molecular weight is 267 g/mol. The zero-order valence-corrected chi connectivity index (χ0v) is 11.0. The van der Waals surface area contributed by atoms with Gasteiger partial charge in [0.05, 0.1) is 20.0 Å². The minimum Gasteiger partial charge on any atom is -0.489 e. The molecule has 1 aliphatic rings. The minimum atomic E-state index is -0.359. The lowest BCUT2D eigenvalue weighted by molar-refractivity contribution is -0.141.